The molecule has 0 bridgehead atoms. The van der Waals surface area contributed by atoms with Crippen LogP contribution in [0.3, 0.4) is 0 Å². The first kappa shape index (κ1) is 13.8. The van der Waals surface area contributed by atoms with Gasteiger partial charge in [0.05, 0.1) is 28.1 Å². The molecule has 9 heteroatoms. The molecule has 1 heterocycles. The van der Waals surface area contributed by atoms with Gasteiger partial charge >= 0.3 is 6.18 Å². The number of nitro groups is 1. The summed E-state index contributed by atoms with van der Waals surface area (Å²) in [6.07, 6.45) is -1.86. The van der Waals surface area contributed by atoms with E-state index in [1.54, 1.807) is 7.05 Å². The number of alkyl halides is 3. The summed E-state index contributed by atoms with van der Waals surface area (Å²) < 4.78 is 40.2. The predicted molar refractivity (Wildman–Crippen MR) is 64.6 cm³/mol. The maximum Gasteiger partial charge on any atom is 0.418 e. The van der Waals surface area contributed by atoms with Crippen LogP contribution in [-0.4, -0.2) is 14.7 Å². The van der Waals surface area contributed by atoms with Crippen molar-refractivity contribution in [2.24, 2.45) is 7.05 Å². The lowest BCUT2D eigenvalue weighted by molar-refractivity contribution is -0.385. The minimum absolute atomic E-state index is 0.267. The molecule has 20 heavy (non-hydrogen) atoms. The second kappa shape index (κ2) is 4.83. The minimum atomic E-state index is -4.70. The average Bonchev–Trinajstić information content (AvgIpc) is 2.73. The molecule has 0 atom stereocenters. The van der Waals surface area contributed by atoms with E-state index < -0.39 is 22.4 Å². The third-order valence-electron chi connectivity index (χ3n) is 2.50. The number of aryl methyl sites for hydroxylation is 1. The van der Waals surface area contributed by atoms with Gasteiger partial charge in [-0.3, -0.25) is 14.8 Å². The Morgan fingerprint density at radius 1 is 1.40 bits per heavy atom. The summed E-state index contributed by atoms with van der Waals surface area (Å²) in [5, 5.41) is 16.9. The van der Waals surface area contributed by atoms with Crippen LogP contribution >= 0.6 is 0 Å². The lowest BCUT2D eigenvalue weighted by Gasteiger charge is -2.13. The van der Waals surface area contributed by atoms with Crippen LogP contribution in [-0.2, 0) is 13.2 Å². The first-order chi connectivity index (χ1) is 9.27. The molecule has 0 saturated carbocycles. The third kappa shape index (κ3) is 2.87. The number of hydrogen-bond acceptors (Lipinski definition) is 4. The van der Waals surface area contributed by atoms with E-state index in [2.05, 4.69) is 10.4 Å². The number of rotatable bonds is 3. The van der Waals surface area contributed by atoms with E-state index in [1.165, 1.54) is 17.1 Å². The maximum absolute atomic E-state index is 12.9. The standard InChI is InChI=1S/C11H9F3N4O2/c1-17-6-7(5-15-17)16-10-3-2-8(18(19)20)4-9(10)11(12,13)14/h2-6,16H,1H3. The summed E-state index contributed by atoms with van der Waals surface area (Å²) >= 11 is 0. The molecule has 0 saturated heterocycles. The van der Waals surface area contributed by atoms with E-state index in [0.29, 0.717) is 11.8 Å². The Kier molecular flexibility index (Phi) is 3.35. The van der Waals surface area contributed by atoms with Crippen LogP contribution in [0.1, 0.15) is 5.56 Å². The maximum atomic E-state index is 12.9. The Bertz CT molecular complexity index is 651. The molecule has 0 amide bonds. The summed E-state index contributed by atoms with van der Waals surface area (Å²) in [7, 11) is 1.62. The van der Waals surface area contributed by atoms with Crippen molar-refractivity contribution >= 4 is 17.1 Å². The second-order valence-electron chi connectivity index (χ2n) is 4.01. The zero-order valence-electron chi connectivity index (χ0n) is 10.2. The summed E-state index contributed by atoms with van der Waals surface area (Å²) in [5.74, 6) is 0. The first-order valence-corrected chi connectivity index (χ1v) is 5.38. The van der Waals surface area contributed by atoms with Crippen molar-refractivity contribution in [3.05, 3.63) is 46.3 Å². The van der Waals surface area contributed by atoms with Gasteiger partial charge in [0.15, 0.2) is 0 Å². The van der Waals surface area contributed by atoms with Gasteiger partial charge in [-0.25, -0.2) is 0 Å². The van der Waals surface area contributed by atoms with Crippen molar-refractivity contribution in [1.82, 2.24) is 9.78 Å². The molecule has 0 aliphatic carbocycles. The monoisotopic (exact) mass is 286 g/mol. The predicted octanol–water partition coefficient (Wildman–Crippen LogP) is 3.09. The van der Waals surface area contributed by atoms with Crippen molar-refractivity contribution in [1.29, 1.82) is 0 Å². The number of anilines is 2. The molecule has 0 aliphatic heterocycles. The highest BCUT2D eigenvalue weighted by Crippen LogP contribution is 2.38. The average molecular weight is 286 g/mol. The zero-order valence-corrected chi connectivity index (χ0v) is 10.2. The van der Waals surface area contributed by atoms with Gasteiger partial charge in [0, 0.05) is 25.4 Å². The highest BCUT2D eigenvalue weighted by molar-refractivity contribution is 5.65. The second-order valence-corrected chi connectivity index (χ2v) is 4.01. The molecule has 1 N–H and O–H groups in total. The fourth-order valence-electron chi connectivity index (χ4n) is 1.63. The molecule has 0 unspecified atom stereocenters. The van der Waals surface area contributed by atoms with Gasteiger partial charge in [-0.15, -0.1) is 0 Å². The van der Waals surface area contributed by atoms with Crippen molar-refractivity contribution in [2.45, 2.75) is 6.18 Å². The van der Waals surface area contributed by atoms with Gasteiger partial charge in [0.1, 0.15) is 0 Å². The number of nitrogens with one attached hydrogen (secondary N) is 1. The molecule has 0 aliphatic rings. The van der Waals surface area contributed by atoms with Crippen LogP contribution < -0.4 is 5.32 Å². The Hall–Kier alpha value is -2.58. The molecule has 1 aromatic carbocycles. The highest BCUT2D eigenvalue weighted by Gasteiger charge is 2.35. The SMILES string of the molecule is Cn1cc(Nc2ccc([N+](=O)[O-])cc2C(F)(F)F)cn1. The smallest absolute Gasteiger partial charge is 0.352 e. The quantitative estimate of drug-likeness (QED) is 0.695. The van der Waals surface area contributed by atoms with Gasteiger partial charge in [-0.1, -0.05) is 0 Å². The normalized spacial score (nSPS) is 11.4. The van der Waals surface area contributed by atoms with Crippen LogP contribution in [0.4, 0.5) is 30.2 Å². The van der Waals surface area contributed by atoms with Gasteiger partial charge in [0.2, 0.25) is 0 Å². The highest BCUT2D eigenvalue weighted by atomic mass is 19.4. The fourth-order valence-corrected chi connectivity index (χ4v) is 1.63. The van der Waals surface area contributed by atoms with E-state index in [9.17, 15) is 23.3 Å². The summed E-state index contributed by atoms with van der Waals surface area (Å²) in [6, 6.07) is 2.53. The number of non-ortho nitro benzene ring substituents is 1. The molecule has 2 rings (SSSR count). The van der Waals surface area contributed by atoms with E-state index in [4.69, 9.17) is 0 Å². The lowest BCUT2D eigenvalue weighted by atomic mass is 10.1. The van der Waals surface area contributed by atoms with Crippen LogP contribution in [0.25, 0.3) is 0 Å². The number of hydrogen-bond donors (Lipinski definition) is 1. The Morgan fingerprint density at radius 3 is 2.60 bits per heavy atom. The van der Waals surface area contributed by atoms with E-state index in [0.717, 1.165) is 12.1 Å². The molecule has 0 radical (unpaired) electrons. The topological polar surface area (TPSA) is 73.0 Å². The summed E-state index contributed by atoms with van der Waals surface area (Å²) in [6.45, 7) is 0. The van der Waals surface area contributed by atoms with Crippen molar-refractivity contribution in [2.75, 3.05) is 5.32 Å². The van der Waals surface area contributed by atoms with Gasteiger partial charge < -0.3 is 5.32 Å². The molecule has 106 valence electrons. The molecule has 1 aromatic heterocycles. The van der Waals surface area contributed by atoms with Crippen LogP contribution in [0.2, 0.25) is 0 Å². The van der Waals surface area contributed by atoms with E-state index in [1.807, 2.05) is 0 Å². The molecule has 6 nitrogen and oxygen atoms in total. The molecular weight excluding hydrogens is 277 g/mol. The van der Waals surface area contributed by atoms with Crippen LogP contribution in [0.15, 0.2) is 30.6 Å². The Balaban J connectivity index is 2.44. The molecule has 2 aromatic rings. The third-order valence-corrected chi connectivity index (χ3v) is 2.50. The summed E-state index contributed by atoms with van der Waals surface area (Å²) in [4.78, 5) is 9.69. The molecule has 0 spiro atoms. The van der Waals surface area contributed by atoms with E-state index >= 15 is 0 Å². The minimum Gasteiger partial charge on any atom is -0.352 e. The Morgan fingerprint density at radius 2 is 2.10 bits per heavy atom. The van der Waals surface area contributed by atoms with E-state index in [-0.39, 0.29) is 5.69 Å². The van der Waals surface area contributed by atoms with Gasteiger partial charge in [-0.05, 0) is 6.07 Å². The van der Waals surface area contributed by atoms with Gasteiger partial charge in [-0.2, -0.15) is 18.3 Å². The molecular formula is C11H9F3N4O2. The number of nitrogens with zero attached hydrogens (tertiary/aromatic N) is 3. The lowest BCUT2D eigenvalue weighted by Crippen LogP contribution is -2.09. The van der Waals surface area contributed by atoms with Gasteiger partial charge in [0.25, 0.3) is 5.69 Å². The largest absolute Gasteiger partial charge is 0.418 e. The number of halogens is 3. The first-order valence-electron chi connectivity index (χ1n) is 5.38. The fraction of sp³-hybridized carbons (Fsp3) is 0.182. The summed E-state index contributed by atoms with van der Waals surface area (Å²) in [5.41, 5.74) is -1.63. The van der Waals surface area contributed by atoms with Crippen molar-refractivity contribution in [3.63, 3.8) is 0 Å². The number of aromatic nitrogens is 2. The zero-order chi connectivity index (χ0) is 14.9. The van der Waals surface area contributed by atoms with Crippen molar-refractivity contribution < 1.29 is 18.1 Å². The van der Waals surface area contributed by atoms with Crippen LogP contribution in [0.5, 0.6) is 0 Å². The van der Waals surface area contributed by atoms with Crippen LogP contribution in [0, 0.1) is 10.1 Å². The number of nitro benzene ring substituents is 1. The Labute approximate surface area is 111 Å². The molecule has 0 fully saturated rings. The number of benzene rings is 1. The van der Waals surface area contributed by atoms with Crippen molar-refractivity contribution in [3.8, 4) is 0 Å².